The first-order valence-corrected chi connectivity index (χ1v) is 10.5. The monoisotopic (exact) mass is 364 g/mol. The van der Waals surface area contributed by atoms with E-state index in [-0.39, 0.29) is 0 Å². The van der Waals surface area contributed by atoms with Gasteiger partial charge in [-0.15, -0.1) is 11.8 Å². The van der Waals surface area contributed by atoms with Crippen LogP contribution in [0.15, 0.2) is 60.7 Å². The molecule has 2 aromatic carbocycles. The topological polar surface area (TPSA) is 64.6 Å². The lowest BCUT2D eigenvalue weighted by atomic mass is 10.3. The molecule has 3 rings (SSSR count). The van der Waals surface area contributed by atoms with Crippen LogP contribution in [0.2, 0.25) is 0 Å². The highest BCUT2D eigenvalue weighted by atomic mass is 32.2. The molecule has 0 radical (unpaired) electrons. The van der Waals surface area contributed by atoms with Crippen molar-refractivity contribution in [3.63, 3.8) is 0 Å². The summed E-state index contributed by atoms with van der Waals surface area (Å²) in [4.78, 5) is 24.9. The highest BCUT2D eigenvalue weighted by Crippen LogP contribution is 2.33. The first-order chi connectivity index (χ1) is 11.2. The van der Waals surface area contributed by atoms with Crippen LogP contribution in [-0.2, 0) is 0 Å². The van der Waals surface area contributed by atoms with Gasteiger partial charge >= 0.3 is 0 Å². The highest BCUT2D eigenvalue weighted by molar-refractivity contribution is 8.03. The van der Waals surface area contributed by atoms with Gasteiger partial charge < -0.3 is 9.79 Å². The normalized spacial score (nSPS) is 18.5. The molecule has 118 valence electrons. The van der Waals surface area contributed by atoms with Gasteiger partial charge in [-0.05, 0) is 24.3 Å². The molecule has 1 heterocycles. The first kappa shape index (κ1) is 16.5. The highest BCUT2D eigenvalue weighted by Gasteiger charge is 2.34. The molecule has 23 heavy (non-hydrogen) atoms. The molecule has 1 saturated heterocycles. The molecule has 1 aliphatic rings. The van der Waals surface area contributed by atoms with E-state index in [0.29, 0.717) is 33.6 Å². The Morgan fingerprint density at radius 1 is 0.696 bits per heavy atom. The minimum Gasteiger partial charge on any atom is -0.594 e. The van der Waals surface area contributed by atoms with E-state index in [1.807, 2.05) is 36.4 Å². The molecule has 2 aromatic rings. The summed E-state index contributed by atoms with van der Waals surface area (Å²) in [5.74, 6) is 2.18. The third-order valence-corrected chi connectivity index (χ3v) is 7.20. The second-order valence-electron chi connectivity index (χ2n) is 4.71. The molecule has 0 N–H and O–H groups in total. The van der Waals surface area contributed by atoms with Gasteiger partial charge in [-0.1, -0.05) is 36.4 Å². The summed E-state index contributed by atoms with van der Waals surface area (Å²) in [5.41, 5.74) is 0. The van der Waals surface area contributed by atoms with Gasteiger partial charge in [-0.2, -0.15) is 0 Å². The lowest BCUT2D eigenvalue weighted by Crippen LogP contribution is -2.18. The molecular weight excluding hydrogens is 350 g/mol. The summed E-state index contributed by atoms with van der Waals surface area (Å²) in [6.45, 7) is 0. The van der Waals surface area contributed by atoms with E-state index in [4.69, 9.17) is 9.05 Å². The Hall–Kier alpha value is -1.35. The van der Waals surface area contributed by atoms with Gasteiger partial charge in [0.25, 0.3) is 16.0 Å². The number of hydrogen-bond donors (Lipinski definition) is 0. The molecule has 0 bridgehead atoms. The summed E-state index contributed by atoms with van der Waals surface area (Å²) < 4.78 is 11.0. The van der Waals surface area contributed by atoms with Crippen LogP contribution in [0, 0.1) is 0 Å². The number of rotatable bonds is 4. The van der Waals surface area contributed by atoms with E-state index in [1.54, 1.807) is 36.0 Å². The minimum absolute atomic E-state index is 0.538. The van der Waals surface area contributed by atoms with Gasteiger partial charge in [0.15, 0.2) is 11.5 Å². The maximum absolute atomic E-state index is 12.5. The number of thioether (sulfide) groups is 1. The van der Waals surface area contributed by atoms with E-state index < -0.39 is 16.0 Å². The average Bonchev–Trinajstić information content (AvgIpc) is 3.06. The summed E-state index contributed by atoms with van der Waals surface area (Å²) in [7, 11) is -4.12. The van der Waals surface area contributed by atoms with Crippen LogP contribution >= 0.6 is 27.8 Å². The molecule has 7 heteroatoms. The molecule has 0 aromatic heterocycles. The molecule has 0 spiro atoms. The van der Waals surface area contributed by atoms with Gasteiger partial charge in [-0.25, -0.2) is 0 Å². The van der Waals surface area contributed by atoms with Crippen LogP contribution in [0.5, 0.6) is 11.5 Å². The molecule has 1 aliphatic heterocycles. The van der Waals surface area contributed by atoms with Crippen molar-refractivity contribution in [2.45, 2.75) is 0 Å². The fraction of sp³-hybridized carbons (Fsp3) is 0.125. The molecular formula is C16H14O4P2S. The van der Waals surface area contributed by atoms with E-state index in [1.165, 1.54) is 0 Å². The maximum Gasteiger partial charge on any atom is 0.285 e. The summed E-state index contributed by atoms with van der Waals surface area (Å²) in [5, 5.41) is 1.18. The van der Waals surface area contributed by atoms with Crippen LogP contribution in [-0.4, -0.2) is 22.1 Å². The van der Waals surface area contributed by atoms with Gasteiger partial charge in [0.1, 0.15) is 0 Å². The Balaban J connectivity index is 1.83. The fourth-order valence-electron chi connectivity index (χ4n) is 1.99. The van der Waals surface area contributed by atoms with Crippen molar-refractivity contribution >= 4 is 38.3 Å². The predicted molar refractivity (Wildman–Crippen MR) is 95.3 cm³/mol. The summed E-state index contributed by atoms with van der Waals surface area (Å²) >= 11 is 1.57. The summed E-state index contributed by atoms with van der Waals surface area (Å²) in [6, 6.07) is 18.0. The van der Waals surface area contributed by atoms with E-state index >= 15 is 0 Å². The molecule has 4 nitrogen and oxygen atoms in total. The van der Waals surface area contributed by atoms with Crippen molar-refractivity contribution in [1.82, 2.24) is 0 Å². The first-order valence-electron chi connectivity index (χ1n) is 6.94. The molecule has 1 fully saturated rings. The Labute approximate surface area is 141 Å². The smallest absolute Gasteiger partial charge is 0.285 e. The fourth-order valence-corrected chi connectivity index (χ4v) is 6.35. The SMILES string of the molecule is [O-]/[P+](Oc1ccccc1)=C1/CSC/C1=[P+](/[O-])Oc1ccccc1. The minimum atomic E-state index is -2.06. The van der Waals surface area contributed by atoms with Gasteiger partial charge in [0, 0.05) is 0 Å². The van der Waals surface area contributed by atoms with Crippen LogP contribution in [0.25, 0.3) is 0 Å². The molecule has 0 amide bonds. The average molecular weight is 364 g/mol. The Bertz CT molecular complexity index is 669. The molecule has 0 saturated carbocycles. The van der Waals surface area contributed by atoms with E-state index in [0.717, 1.165) is 0 Å². The second-order valence-corrected chi connectivity index (χ2v) is 8.17. The van der Waals surface area contributed by atoms with Gasteiger partial charge in [0.05, 0.1) is 11.5 Å². The molecule has 2 unspecified atom stereocenters. The van der Waals surface area contributed by atoms with E-state index in [2.05, 4.69) is 0 Å². The third-order valence-electron chi connectivity index (χ3n) is 3.11. The van der Waals surface area contributed by atoms with Crippen molar-refractivity contribution in [3.8, 4) is 11.5 Å². The van der Waals surface area contributed by atoms with Crippen LogP contribution in [0.1, 0.15) is 0 Å². The number of hydrogen-bond acceptors (Lipinski definition) is 5. The second kappa shape index (κ2) is 7.96. The Morgan fingerprint density at radius 3 is 1.48 bits per heavy atom. The van der Waals surface area contributed by atoms with Crippen LogP contribution < -0.4 is 18.8 Å². The van der Waals surface area contributed by atoms with Gasteiger partial charge in [-0.3, -0.25) is 9.05 Å². The quantitative estimate of drug-likeness (QED) is 0.781. The zero-order chi connectivity index (χ0) is 16.1. The predicted octanol–water partition coefficient (Wildman–Crippen LogP) is 2.58. The van der Waals surface area contributed by atoms with Crippen molar-refractivity contribution in [2.24, 2.45) is 0 Å². The number of para-hydroxylation sites is 2. The zero-order valence-corrected chi connectivity index (χ0v) is 14.7. The van der Waals surface area contributed by atoms with Crippen LogP contribution in [0.3, 0.4) is 0 Å². The van der Waals surface area contributed by atoms with Crippen molar-refractivity contribution in [3.05, 3.63) is 60.7 Å². The largest absolute Gasteiger partial charge is 0.594 e. The maximum atomic E-state index is 12.5. The molecule has 0 aliphatic carbocycles. The standard InChI is InChI=1S/C16H14O4P2S/c17-21(19-13-7-3-1-4-8-13)15-11-23-12-16(15)22(18)20-14-9-5-2-6-10-14/h1-10H,11-12H2. The lowest BCUT2D eigenvalue weighted by Gasteiger charge is -2.04. The van der Waals surface area contributed by atoms with Crippen molar-refractivity contribution in [1.29, 1.82) is 0 Å². The van der Waals surface area contributed by atoms with Gasteiger partial charge in [0.2, 0.25) is 10.6 Å². The van der Waals surface area contributed by atoms with E-state index in [9.17, 15) is 9.79 Å². The third kappa shape index (κ3) is 4.35. The summed E-state index contributed by atoms with van der Waals surface area (Å²) in [6.07, 6.45) is 0. The van der Waals surface area contributed by atoms with Crippen molar-refractivity contribution in [2.75, 3.05) is 11.5 Å². The van der Waals surface area contributed by atoms with Crippen LogP contribution in [0.4, 0.5) is 0 Å². The number of benzene rings is 2. The Kier molecular flexibility index (Phi) is 5.71. The zero-order valence-electron chi connectivity index (χ0n) is 12.1. The molecule has 2 atom stereocenters. The lowest BCUT2D eigenvalue weighted by molar-refractivity contribution is -0.167. The van der Waals surface area contributed by atoms with Crippen molar-refractivity contribution < 1.29 is 18.8 Å². The Morgan fingerprint density at radius 2 is 1.09 bits per heavy atom.